The van der Waals surface area contributed by atoms with Gasteiger partial charge in [0.05, 0.1) is 18.8 Å². The predicted octanol–water partition coefficient (Wildman–Crippen LogP) is 1.97. The maximum Gasteiger partial charge on any atom is 0.277 e. The fourth-order valence-electron chi connectivity index (χ4n) is 3.04. The number of β-amino-alcohol motifs (C(OH)–C–C–N with tert-alkyl or cyclic N) is 1. The number of benzene rings is 1. The van der Waals surface area contributed by atoms with Crippen molar-refractivity contribution in [3.8, 4) is 11.3 Å². The molecule has 2 amide bonds. The number of amides is 2. The molecule has 3 aromatic rings. The lowest BCUT2D eigenvalue weighted by Crippen LogP contribution is -2.34. The molecule has 0 unspecified atom stereocenters. The van der Waals surface area contributed by atoms with Crippen molar-refractivity contribution in [1.29, 1.82) is 0 Å². The van der Waals surface area contributed by atoms with Crippen LogP contribution in [0.5, 0.6) is 0 Å². The van der Waals surface area contributed by atoms with Crippen LogP contribution in [0.4, 0.5) is 5.69 Å². The molecule has 7 heteroatoms. The van der Waals surface area contributed by atoms with E-state index in [0.717, 1.165) is 33.1 Å². The van der Waals surface area contributed by atoms with E-state index in [9.17, 15) is 9.59 Å². The van der Waals surface area contributed by atoms with Gasteiger partial charge >= 0.3 is 0 Å². The largest absolute Gasteiger partial charge is 0.395 e. The van der Waals surface area contributed by atoms with Gasteiger partial charge in [0, 0.05) is 29.7 Å². The summed E-state index contributed by atoms with van der Waals surface area (Å²) in [6.07, 6.45) is 5.13. The summed E-state index contributed by atoms with van der Waals surface area (Å²) in [6, 6.07) is 11.6. The molecule has 27 heavy (non-hydrogen) atoms. The van der Waals surface area contributed by atoms with E-state index in [1.54, 1.807) is 0 Å². The zero-order valence-electron chi connectivity index (χ0n) is 14.7. The minimum Gasteiger partial charge on any atom is -0.395 e. The molecule has 1 aliphatic heterocycles. The predicted molar refractivity (Wildman–Crippen MR) is 101 cm³/mol. The van der Waals surface area contributed by atoms with Crippen molar-refractivity contribution in [2.45, 2.75) is 6.92 Å². The molecule has 0 radical (unpaired) electrons. The number of nitrogens with zero attached hydrogens (tertiary/aromatic N) is 3. The number of rotatable bonds is 5. The number of imide groups is 1. The van der Waals surface area contributed by atoms with Crippen LogP contribution in [-0.2, 0) is 9.59 Å². The minimum atomic E-state index is -0.438. The molecule has 1 aromatic carbocycles. The van der Waals surface area contributed by atoms with E-state index in [-0.39, 0.29) is 18.8 Å². The molecule has 3 heterocycles. The van der Waals surface area contributed by atoms with Crippen molar-refractivity contribution in [2.75, 3.05) is 18.5 Å². The highest BCUT2D eigenvalue weighted by Gasteiger charge is 2.30. The van der Waals surface area contributed by atoms with E-state index >= 15 is 0 Å². The number of aromatic nitrogens is 2. The number of carbonyl (C=O) groups is 2. The van der Waals surface area contributed by atoms with Gasteiger partial charge in [0.2, 0.25) is 0 Å². The van der Waals surface area contributed by atoms with Crippen molar-refractivity contribution in [2.24, 2.45) is 0 Å². The number of imidazole rings is 1. The van der Waals surface area contributed by atoms with Crippen LogP contribution in [0.15, 0.2) is 60.6 Å². The van der Waals surface area contributed by atoms with Gasteiger partial charge in [-0.05, 0) is 30.7 Å². The highest BCUT2D eigenvalue weighted by atomic mass is 16.3. The number of fused-ring (bicyclic) bond motifs is 1. The Labute approximate surface area is 155 Å². The second-order valence-corrected chi connectivity index (χ2v) is 6.32. The Balaban J connectivity index is 1.64. The molecule has 2 aromatic heterocycles. The van der Waals surface area contributed by atoms with Crippen molar-refractivity contribution >= 4 is 23.1 Å². The number of aliphatic hydroxyl groups is 1. The zero-order chi connectivity index (χ0) is 19.0. The van der Waals surface area contributed by atoms with Gasteiger partial charge < -0.3 is 14.8 Å². The van der Waals surface area contributed by atoms with E-state index in [1.807, 2.05) is 60.1 Å². The summed E-state index contributed by atoms with van der Waals surface area (Å²) in [7, 11) is 0. The molecule has 0 atom stereocenters. The first-order chi connectivity index (χ1) is 13.1. The number of pyridine rings is 1. The van der Waals surface area contributed by atoms with Gasteiger partial charge in [0.15, 0.2) is 0 Å². The Bertz CT molecular complexity index is 1050. The second-order valence-electron chi connectivity index (χ2n) is 6.32. The highest BCUT2D eigenvalue weighted by molar-refractivity contribution is 6.17. The Kier molecular flexibility index (Phi) is 4.21. The van der Waals surface area contributed by atoms with E-state index in [0.29, 0.717) is 0 Å². The van der Waals surface area contributed by atoms with Gasteiger partial charge in [-0.25, -0.2) is 4.98 Å². The van der Waals surface area contributed by atoms with Crippen molar-refractivity contribution in [1.82, 2.24) is 14.3 Å². The molecule has 136 valence electrons. The standard InChI is InChI=1S/C20H18N4O3/c1-13-5-6-14(17-12-23-7-3-2-4-18(23)22-17)10-15(13)21-16-11-19(26)24(8-9-25)20(16)27/h2-7,10-12,21,25H,8-9H2,1H3. The van der Waals surface area contributed by atoms with Crippen molar-refractivity contribution in [3.63, 3.8) is 0 Å². The molecule has 0 aliphatic carbocycles. The second kappa shape index (κ2) is 6.69. The van der Waals surface area contributed by atoms with Crippen LogP contribution in [0.2, 0.25) is 0 Å². The first-order valence-corrected chi connectivity index (χ1v) is 8.57. The molecule has 0 bridgehead atoms. The Hall–Kier alpha value is -3.45. The number of nitrogens with one attached hydrogen (secondary N) is 1. The van der Waals surface area contributed by atoms with Crippen LogP contribution >= 0.6 is 0 Å². The SMILES string of the molecule is Cc1ccc(-c2cn3ccccc3n2)cc1NC1=CC(=O)N(CCO)C1=O. The number of carbonyl (C=O) groups excluding carboxylic acids is 2. The van der Waals surface area contributed by atoms with Crippen LogP contribution < -0.4 is 5.32 Å². The molecular formula is C20H18N4O3. The zero-order valence-corrected chi connectivity index (χ0v) is 14.7. The third-order valence-corrected chi connectivity index (χ3v) is 4.50. The van der Waals surface area contributed by atoms with Crippen LogP contribution in [0, 0.1) is 6.92 Å². The van der Waals surface area contributed by atoms with Gasteiger partial charge in [0.1, 0.15) is 11.3 Å². The lowest BCUT2D eigenvalue weighted by atomic mass is 10.1. The Morgan fingerprint density at radius 1 is 1.19 bits per heavy atom. The lowest BCUT2D eigenvalue weighted by Gasteiger charge is -2.14. The molecule has 0 saturated carbocycles. The maximum atomic E-state index is 12.3. The summed E-state index contributed by atoms with van der Waals surface area (Å²) in [4.78, 5) is 29.9. The number of anilines is 1. The number of hydrogen-bond acceptors (Lipinski definition) is 5. The molecule has 0 fully saturated rings. The monoisotopic (exact) mass is 362 g/mol. The van der Waals surface area contributed by atoms with Gasteiger partial charge in [-0.15, -0.1) is 0 Å². The lowest BCUT2D eigenvalue weighted by molar-refractivity contribution is -0.137. The first kappa shape index (κ1) is 17.0. The van der Waals surface area contributed by atoms with E-state index in [1.165, 1.54) is 6.08 Å². The van der Waals surface area contributed by atoms with Gasteiger partial charge in [0.25, 0.3) is 11.8 Å². The highest BCUT2D eigenvalue weighted by Crippen LogP contribution is 2.27. The van der Waals surface area contributed by atoms with Crippen LogP contribution in [-0.4, -0.2) is 44.4 Å². The Morgan fingerprint density at radius 2 is 2.04 bits per heavy atom. The Morgan fingerprint density at radius 3 is 2.81 bits per heavy atom. The molecular weight excluding hydrogens is 344 g/mol. The summed E-state index contributed by atoms with van der Waals surface area (Å²) in [5.41, 5.74) is 4.42. The van der Waals surface area contributed by atoms with E-state index in [2.05, 4.69) is 10.3 Å². The molecule has 1 aliphatic rings. The summed E-state index contributed by atoms with van der Waals surface area (Å²) in [5, 5.41) is 12.1. The van der Waals surface area contributed by atoms with Crippen molar-refractivity contribution in [3.05, 3.63) is 66.1 Å². The average Bonchev–Trinajstić information content (AvgIpc) is 3.20. The molecule has 0 spiro atoms. The van der Waals surface area contributed by atoms with Crippen LogP contribution in [0.25, 0.3) is 16.9 Å². The average molecular weight is 362 g/mol. The molecule has 7 nitrogen and oxygen atoms in total. The number of aryl methyl sites for hydroxylation is 1. The maximum absolute atomic E-state index is 12.3. The van der Waals surface area contributed by atoms with Crippen LogP contribution in [0.1, 0.15) is 5.56 Å². The third-order valence-electron chi connectivity index (χ3n) is 4.50. The number of aliphatic hydroxyl groups excluding tert-OH is 1. The summed E-state index contributed by atoms with van der Waals surface area (Å²) in [6.45, 7) is 1.64. The van der Waals surface area contributed by atoms with Gasteiger partial charge in [-0.1, -0.05) is 18.2 Å². The summed E-state index contributed by atoms with van der Waals surface area (Å²) in [5.74, 6) is -0.864. The molecule has 4 rings (SSSR count). The molecule has 0 saturated heterocycles. The smallest absolute Gasteiger partial charge is 0.277 e. The van der Waals surface area contributed by atoms with E-state index < -0.39 is 11.8 Å². The summed E-state index contributed by atoms with van der Waals surface area (Å²) >= 11 is 0. The van der Waals surface area contributed by atoms with Crippen molar-refractivity contribution < 1.29 is 14.7 Å². The summed E-state index contributed by atoms with van der Waals surface area (Å²) < 4.78 is 1.94. The fourth-order valence-corrected chi connectivity index (χ4v) is 3.04. The normalized spacial score (nSPS) is 14.1. The molecule has 2 N–H and O–H groups in total. The quantitative estimate of drug-likeness (QED) is 0.678. The fraction of sp³-hybridized carbons (Fsp3) is 0.150. The van der Waals surface area contributed by atoms with Gasteiger partial charge in [-0.2, -0.15) is 0 Å². The first-order valence-electron chi connectivity index (χ1n) is 8.57. The number of hydrogen-bond donors (Lipinski definition) is 2. The topological polar surface area (TPSA) is 86.9 Å². The van der Waals surface area contributed by atoms with Crippen LogP contribution in [0.3, 0.4) is 0 Å². The van der Waals surface area contributed by atoms with Gasteiger partial charge in [-0.3, -0.25) is 14.5 Å². The third kappa shape index (κ3) is 3.09. The minimum absolute atomic E-state index is 0.0143. The van der Waals surface area contributed by atoms with E-state index in [4.69, 9.17) is 5.11 Å².